The maximum Gasteiger partial charge on any atom is 0.534 e. The fourth-order valence-electron chi connectivity index (χ4n) is 2.58. The van der Waals surface area contributed by atoms with E-state index in [4.69, 9.17) is 9.47 Å². The standard InChI is InChI=1S/C14H14F3NO5S/c1-21-11-4-2-9(3-5-11)7-18-10-6-12(22-8-10)13(18)23-24(19,20)14(15,16)17/h2-5,10H,6-8H2,1H3. The molecule has 1 atom stereocenters. The molecule has 6 nitrogen and oxygen atoms in total. The van der Waals surface area contributed by atoms with Crippen molar-refractivity contribution in [2.45, 2.75) is 24.5 Å². The van der Waals surface area contributed by atoms with Crippen LogP contribution in [0.1, 0.15) is 12.0 Å². The molecule has 1 saturated heterocycles. The van der Waals surface area contributed by atoms with Crippen molar-refractivity contribution in [3.63, 3.8) is 0 Å². The minimum Gasteiger partial charge on any atom is -0.497 e. The zero-order valence-electron chi connectivity index (χ0n) is 12.5. The first-order chi connectivity index (χ1) is 11.2. The number of hydrogen-bond donors (Lipinski definition) is 0. The van der Waals surface area contributed by atoms with Gasteiger partial charge in [0.15, 0.2) is 5.76 Å². The Labute approximate surface area is 136 Å². The van der Waals surface area contributed by atoms with Gasteiger partial charge in [-0.25, -0.2) is 0 Å². The number of halogens is 3. The fraction of sp³-hybridized carbons (Fsp3) is 0.429. The summed E-state index contributed by atoms with van der Waals surface area (Å²) in [5.74, 6) is 0.375. The van der Waals surface area contributed by atoms with Gasteiger partial charge in [-0.05, 0) is 17.7 Å². The predicted octanol–water partition coefficient (Wildman–Crippen LogP) is 2.33. The summed E-state index contributed by atoms with van der Waals surface area (Å²) in [6.07, 6.45) is 0.318. The molecule has 0 aromatic heterocycles. The van der Waals surface area contributed by atoms with Crippen molar-refractivity contribution in [1.82, 2.24) is 4.90 Å². The molecule has 0 N–H and O–H groups in total. The van der Waals surface area contributed by atoms with Crippen LogP contribution >= 0.6 is 0 Å². The number of hydrogen-bond acceptors (Lipinski definition) is 6. The second kappa shape index (κ2) is 5.76. The van der Waals surface area contributed by atoms with Gasteiger partial charge in [0.05, 0.1) is 13.2 Å². The van der Waals surface area contributed by atoms with Crippen molar-refractivity contribution in [2.24, 2.45) is 0 Å². The Morgan fingerprint density at radius 1 is 1.29 bits per heavy atom. The molecule has 1 aromatic rings. The van der Waals surface area contributed by atoms with Gasteiger partial charge >= 0.3 is 15.6 Å². The quantitative estimate of drug-likeness (QED) is 0.590. The summed E-state index contributed by atoms with van der Waals surface area (Å²) in [5.41, 5.74) is -4.72. The first kappa shape index (κ1) is 16.7. The van der Waals surface area contributed by atoms with E-state index >= 15 is 0 Å². The van der Waals surface area contributed by atoms with Crippen LogP contribution in [-0.4, -0.2) is 38.6 Å². The Bertz CT molecular complexity index is 758. The minimum absolute atomic E-state index is 0.126. The number of fused-ring (bicyclic) bond motifs is 2. The van der Waals surface area contributed by atoms with Gasteiger partial charge in [-0.2, -0.15) is 21.6 Å². The van der Waals surface area contributed by atoms with Crippen LogP contribution in [0.5, 0.6) is 5.75 Å². The normalized spacial score (nSPS) is 20.3. The third-order valence-corrected chi connectivity index (χ3v) is 4.74. The third-order valence-electron chi connectivity index (χ3n) is 3.80. The van der Waals surface area contributed by atoms with Crippen LogP contribution in [0, 0.1) is 0 Å². The molecule has 2 bridgehead atoms. The lowest BCUT2D eigenvalue weighted by Crippen LogP contribution is -2.37. The van der Waals surface area contributed by atoms with Gasteiger partial charge in [-0.1, -0.05) is 12.1 Å². The average molecular weight is 365 g/mol. The first-order valence-corrected chi connectivity index (χ1v) is 8.38. The van der Waals surface area contributed by atoms with E-state index < -0.39 is 15.6 Å². The van der Waals surface area contributed by atoms with Gasteiger partial charge < -0.3 is 18.6 Å². The highest BCUT2D eigenvalue weighted by atomic mass is 32.2. The van der Waals surface area contributed by atoms with Crippen LogP contribution in [0.3, 0.4) is 0 Å². The van der Waals surface area contributed by atoms with E-state index in [-0.39, 0.29) is 30.8 Å². The van der Waals surface area contributed by atoms with Crippen LogP contribution in [0.2, 0.25) is 0 Å². The van der Waals surface area contributed by atoms with Crippen LogP contribution in [0.25, 0.3) is 0 Å². The second-order valence-corrected chi connectivity index (χ2v) is 6.89. The molecular weight excluding hydrogens is 351 g/mol. The summed E-state index contributed by atoms with van der Waals surface area (Å²) in [6, 6.07) is 6.65. The van der Waals surface area contributed by atoms with Crippen LogP contribution in [0.4, 0.5) is 13.2 Å². The van der Waals surface area contributed by atoms with Crippen molar-refractivity contribution < 1.29 is 35.2 Å². The van der Waals surface area contributed by atoms with E-state index in [1.54, 1.807) is 24.3 Å². The number of nitrogens with zero attached hydrogens (tertiary/aromatic N) is 1. The average Bonchev–Trinajstić information content (AvgIpc) is 3.10. The molecule has 1 aromatic carbocycles. The summed E-state index contributed by atoms with van der Waals surface area (Å²) in [6.45, 7) is 0.481. The SMILES string of the molecule is COc1ccc(CN2C(OS(=O)(=O)C(F)(F)F)=C3CC2CO3)cc1. The Kier molecular flexibility index (Phi) is 4.02. The Hall–Kier alpha value is -2.10. The number of benzene rings is 1. The van der Waals surface area contributed by atoms with Crippen molar-refractivity contribution in [3.05, 3.63) is 41.5 Å². The number of methoxy groups -OCH3 is 1. The monoisotopic (exact) mass is 365 g/mol. The van der Waals surface area contributed by atoms with E-state index in [1.807, 2.05) is 0 Å². The Morgan fingerprint density at radius 3 is 2.54 bits per heavy atom. The van der Waals surface area contributed by atoms with Crippen molar-refractivity contribution in [2.75, 3.05) is 13.7 Å². The molecule has 2 aliphatic rings. The first-order valence-electron chi connectivity index (χ1n) is 6.97. The molecule has 0 spiro atoms. The summed E-state index contributed by atoms with van der Waals surface area (Å²) >= 11 is 0. The van der Waals surface area contributed by atoms with Gasteiger partial charge in [0.1, 0.15) is 12.4 Å². The molecule has 0 amide bonds. The highest BCUT2D eigenvalue weighted by Crippen LogP contribution is 2.40. The summed E-state index contributed by atoms with van der Waals surface area (Å²) in [4.78, 5) is 1.48. The lowest BCUT2D eigenvalue weighted by atomic mass is 10.2. The maximum atomic E-state index is 12.6. The van der Waals surface area contributed by atoms with Crippen molar-refractivity contribution in [3.8, 4) is 5.75 Å². The molecule has 2 heterocycles. The largest absolute Gasteiger partial charge is 0.534 e. The molecule has 132 valence electrons. The molecule has 1 unspecified atom stereocenters. The fourth-order valence-corrected chi connectivity index (χ4v) is 3.07. The lowest BCUT2D eigenvalue weighted by Gasteiger charge is -2.29. The summed E-state index contributed by atoms with van der Waals surface area (Å²) in [5, 5.41) is 0. The summed E-state index contributed by atoms with van der Waals surface area (Å²) in [7, 11) is -4.22. The second-order valence-electron chi connectivity index (χ2n) is 5.36. The van der Waals surface area contributed by atoms with Crippen LogP contribution in [0.15, 0.2) is 35.9 Å². The van der Waals surface area contributed by atoms with Crippen molar-refractivity contribution >= 4 is 10.1 Å². The lowest BCUT2D eigenvalue weighted by molar-refractivity contribution is -0.0550. The topological polar surface area (TPSA) is 65.1 Å². The van der Waals surface area contributed by atoms with Gasteiger partial charge in [0, 0.05) is 13.0 Å². The summed E-state index contributed by atoms with van der Waals surface area (Å²) < 4.78 is 74.8. The molecule has 10 heteroatoms. The van der Waals surface area contributed by atoms with E-state index in [2.05, 4.69) is 4.18 Å². The highest BCUT2D eigenvalue weighted by Gasteiger charge is 2.52. The minimum atomic E-state index is -5.74. The maximum absolute atomic E-state index is 12.6. The highest BCUT2D eigenvalue weighted by molar-refractivity contribution is 7.87. The predicted molar refractivity (Wildman–Crippen MR) is 76.0 cm³/mol. The van der Waals surface area contributed by atoms with Crippen LogP contribution < -0.4 is 4.74 Å². The smallest absolute Gasteiger partial charge is 0.497 e. The molecule has 0 saturated carbocycles. The molecule has 0 aliphatic carbocycles. The van der Waals surface area contributed by atoms with E-state index in [9.17, 15) is 21.6 Å². The number of ether oxygens (including phenoxy) is 2. The van der Waals surface area contributed by atoms with Gasteiger partial charge in [0.2, 0.25) is 5.88 Å². The molecule has 24 heavy (non-hydrogen) atoms. The van der Waals surface area contributed by atoms with E-state index in [0.717, 1.165) is 5.56 Å². The van der Waals surface area contributed by atoms with E-state index in [0.29, 0.717) is 12.2 Å². The Morgan fingerprint density at radius 2 is 1.96 bits per heavy atom. The van der Waals surface area contributed by atoms with E-state index in [1.165, 1.54) is 12.0 Å². The third kappa shape index (κ3) is 2.97. The molecular formula is C14H14F3NO5S. The number of rotatable bonds is 5. The molecule has 3 rings (SSSR count). The molecule has 0 radical (unpaired) electrons. The zero-order valence-corrected chi connectivity index (χ0v) is 13.4. The molecule has 1 fully saturated rings. The molecule has 2 aliphatic heterocycles. The van der Waals surface area contributed by atoms with Crippen LogP contribution in [-0.2, 0) is 25.6 Å². The van der Waals surface area contributed by atoms with Gasteiger partial charge in [0.25, 0.3) is 0 Å². The Balaban J connectivity index is 1.82. The van der Waals surface area contributed by atoms with Gasteiger partial charge in [-0.15, -0.1) is 0 Å². The zero-order chi connectivity index (χ0) is 17.5. The van der Waals surface area contributed by atoms with Gasteiger partial charge in [-0.3, -0.25) is 0 Å². The number of alkyl halides is 3. The van der Waals surface area contributed by atoms with Crippen molar-refractivity contribution in [1.29, 1.82) is 0 Å².